The molecule has 0 aromatic carbocycles. The summed E-state index contributed by atoms with van der Waals surface area (Å²) in [7, 11) is 0. The van der Waals surface area contributed by atoms with Crippen molar-refractivity contribution in [1.82, 2.24) is 19.8 Å². The molecule has 0 unspecified atom stereocenters. The van der Waals surface area contributed by atoms with Crippen LogP contribution in [0.4, 0.5) is 5.82 Å². The second-order valence-electron chi connectivity index (χ2n) is 6.63. The first-order chi connectivity index (χ1) is 11.4. The first-order valence-electron chi connectivity index (χ1n) is 8.45. The third kappa shape index (κ3) is 3.51. The molecule has 3 heterocycles. The van der Waals surface area contributed by atoms with Crippen LogP contribution in [0.25, 0.3) is 0 Å². The zero-order chi connectivity index (χ0) is 17.3. The summed E-state index contributed by atoms with van der Waals surface area (Å²) >= 11 is 0. The number of aromatic nitrogens is 3. The third-order valence-corrected chi connectivity index (χ3v) is 4.67. The van der Waals surface area contributed by atoms with E-state index in [1.54, 1.807) is 13.0 Å². The summed E-state index contributed by atoms with van der Waals surface area (Å²) in [6, 6.07) is 3.92. The fourth-order valence-electron chi connectivity index (χ4n) is 3.43. The first kappa shape index (κ1) is 16.7. The molecular weight excluding hydrogens is 306 g/mol. The average molecular weight is 331 g/mol. The van der Waals surface area contributed by atoms with Crippen LogP contribution in [0.2, 0.25) is 0 Å². The van der Waals surface area contributed by atoms with E-state index in [1.165, 1.54) is 0 Å². The second-order valence-corrected chi connectivity index (χ2v) is 6.63. The smallest absolute Gasteiger partial charge is 0.242 e. The molecule has 1 aliphatic rings. The van der Waals surface area contributed by atoms with Crippen molar-refractivity contribution in [3.05, 3.63) is 29.3 Å². The fourth-order valence-corrected chi connectivity index (χ4v) is 3.43. The molecule has 2 aromatic heterocycles. The molecule has 1 aliphatic heterocycles. The topological polar surface area (TPSA) is 76.2 Å². The van der Waals surface area contributed by atoms with Crippen molar-refractivity contribution in [3.8, 4) is 0 Å². The molecule has 7 heteroatoms. The van der Waals surface area contributed by atoms with E-state index in [9.17, 15) is 4.79 Å². The van der Waals surface area contributed by atoms with Gasteiger partial charge in [0.25, 0.3) is 0 Å². The number of nitrogens with one attached hydrogen (secondary N) is 1. The molecule has 0 aliphatic carbocycles. The molecule has 1 saturated heterocycles. The lowest BCUT2D eigenvalue weighted by Gasteiger charge is -2.29. The van der Waals surface area contributed by atoms with Crippen LogP contribution in [0.15, 0.2) is 16.7 Å². The molecule has 0 bridgehead atoms. The number of likely N-dealkylation sites (tertiary alicyclic amines) is 1. The van der Waals surface area contributed by atoms with Gasteiger partial charge in [0.1, 0.15) is 5.76 Å². The van der Waals surface area contributed by atoms with Crippen molar-refractivity contribution in [3.63, 3.8) is 0 Å². The number of rotatable bonds is 5. The van der Waals surface area contributed by atoms with Gasteiger partial charge in [-0.1, -0.05) is 5.16 Å². The number of amides is 1. The minimum atomic E-state index is -0.216. The molecule has 0 saturated carbocycles. The van der Waals surface area contributed by atoms with Gasteiger partial charge in [-0.3, -0.25) is 14.4 Å². The van der Waals surface area contributed by atoms with Crippen molar-refractivity contribution in [2.75, 3.05) is 11.9 Å². The molecule has 3 rings (SSSR count). The van der Waals surface area contributed by atoms with Gasteiger partial charge in [-0.25, -0.2) is 0 Å². The monoisotopic (exact) mass is 331 g/mol. The van der Waals surface area contributed by atoms with E-state index in [-0.39, 0.29) is 11.9 Å². The van der Waals surface area contributed by atoms with Crippen molar-refractivity contribution in [2.45, 2.75) is 59.2 Å². The minimum absolute atomic E-state index is 0.0523. The van der Waals surface area contributed by atoms with Gasteiger partial charge in [0.05, 0.1) is 18.3 Å². The zero-order valence-electron chi connectivity index (χ0n) is 14.7. The summed E-state index contributed by atoms with van der Waals surface area (Å²) in [6.07, 6.45) is 2.18. The fraction of sp³-hybridized carbons (Fsp3) is 0.588. The van der Waals surface area contributed by atoms with Crippen LogP contribution >= 0.6 is 0 Å². The molecule has 7 nitrogen and oxygen atoms in total. The van der Waals surface area contributed by atoms with Crippen LogP contribution in [0, 0.1) is 20.8 Å². The molecule has 1 N–H and O–H groups in total. The van der Waals surface area contributed by atoms with E-state index >= 15 is 0 Å². The van der Waals surface area contributed by atoms with Gasteiger partial charge in [0.15, 0.2) is 5.82 Å². The molecule has 24 heavy (non-hydrogen) atoms. The first-order valence-corrected chi connectivity index (χ1v) is 8.45. The van der Waals surface area contributed by atoms with E-state index in [0.29, 0.717) is 17.6 Å². The van der Waals surface area contributed by atoms with Crippen LogP contribution in [-0.2, 0) is 11.3 Å². The number of nitrogens with zero attached hydrogens (tertiary/aromatic N) is 4. The van der Waals surface area contributed by atoms with Crippen molar-refractivity contribution < 1.29 is 9.32 Å². The predicted molar refractivity (Wildman–Crippen MR) is 90.8 cm³/mol. The number of anilines is 1. The molecule has 130 valence electrons. The molecule has 2 aromatic rings. The molecule has 2 atom stereocenters. The van der Waals surface area contributed by atoms with Gasteiger partial charge in [0.2, 0.25) is 5.91 Å². The lowest BCUT2D eigenvalue weighted by atomic mass is 10.2. The second kappa shape index (κ2) is 6.76. The van der Waals surface area contributed by atoms with Gasteiger partial charge < -0.3 is 9.84 Å². The van der Waals surface area contributed by atoms with Crippen molar-refractivity contribution in [1.29, 1.82) is 0 Å². The third-order valence-electron chi connectivity index (χ3n) is 4.67. The number of aryl methyl sites for hydroxylation is 3. The highest BCUT2D eigenvalue weighted by Gasteiger charge is 2.32. The van der Waals surface area contributed by atoms with Gasteiger partial charge in [-0.15, -0.1) is 0 Å². The Hall–Kier alpha value is -2.15. The summed E-state index contributed by atoms with van der Waals surface area (Å²) in [5.41, 5.74) is 2.19. The largest absolute Gasteiger partial charge is 0.360 e. The van der Waals surface area contributed by atoms with Crippen LogP contribution in [0.1, 0.15) is 36.9 Å². The predicted octanol–water partition coefficient (Wildman–Crippen LogP) is 2.29. The molecule has 1 amide bonds. The number of hydrogen-bond acceptors (Lipinski definition) is 5. The average Bonchev–Trinajstić information content (AvgIpc) is 3.21. The van der Waals surface area contributed by atoms with E-state index in [1.807, 2.05) is 18.5 Å². The van der Waals surface area contributed by atoms with E-state index < -0.39 is 0 Å². The molecule has 0 radical (unpaired) electrons. The highest BCUT2D eigenvalue weighted by molar-refractivity contribution is 5.93. The number of carbonyl (C=O) groups excluding carboxylic acids is 1. The normalized spacial score (nSPS) is 19.6. The maximum atomic E-state index is 12.5. The van der Waals surface area contributed by atoms with Gasteiger partial charge in [0, 0.05) is 17.8 Å². The maximum absolute atomic E-state index is 12.5. The lowest BCUT2D eigenvalue weighted by Crippen LogP contribution is -2.46. The Balaban J connectivity index is 1.65. The highest BCUT2D eigenvalue weighted by Crippen LogP contribution is 2.23. The van der Waals surface area contributed by atoms with Crippen molar-refractivity contribution >= 4 is 11.7 Å². The maximum Gasteiger partial charge on any atom is 0.242 e. The Labute approximate surface area is 142 Å². The Morgan fingerprint density at radius 2 is 2.21 bits per heavy atom. The van der Waals surface area contributed by atoms with Crippen LogP contribution in [-0.4, -0.2) is 44.4 Å². The summed E-state index contributed by atoms with van der Waals surface area (Å²) in [5.74, 6) is 1.10. The Bertz CT molecular complexity index is 720. The summed E-state index contributed by atoms with van der Waals surface area (Å²) < 4.78 is 7.04. The quantitative estimate of drug-likeness (QED) is 0.910. The standard InChI is InChI=1S/C17H25N5O2/c1-11-8-12(2)22(19-11)10-15-6-5-7-21(15)14(4)17(23)18-16-9-13(3)24-20-16/h8-9,14-15H,5-7,10H2,1-4H3,(H,18,20,23)/t14-,15+/m0/s1. The van der Waals surface area contributed by atoms with Crippen LogP contribution in [0.3, 0.4) is 0 Å². The Kier molecular flexibility index (Phi) is 4.71. The number of hydrogen-bond donors (Lipinski definition) is 1. The van der Waals surface area contributed by atoms with Gasteiger partial charge in [-0.05, 0) is 53.1 Å². The van der Waals surface area contributed by atoms with E-state index in [0.717, 1.165) is 37.3 Å². The number of carbonyl (C=O) groups is 1. The Morgan fingerprint density at radius 1 is 1.42 bits per heavy atom. The molecular formula is C17H25N5O2. The summed E-state index contributed by atoms with van der Waals surface area (Å²) in [6.45, 7) is 9.57. The molecule has 0 spiro atoms. The van der Waals surface area contributed by atoms with Crippen LogP contribution < -0.4 is 5.32 Å². The zero-order valence-corrected chi connectivity index (χ0v) is 14.7. The van der Waals surface area contributed by atoms with E-state index in [2.05, 4.69) is 33.5 Å². The van der Waals surface area contributed by atoms with Crippen LogP contribution in [0.5, 0.6) is 0 Å². The van der Waals surface area contributed by atoms with E-state index in [4.69, 9.17) is 4.52 Å². The molecule has 1 fully saturated rings. The minimum Gasteiger partial charge on any atom is -0.360 e. The highest BCUT2D eigenvalue weighted by atomic mass is 16.5. The van der Waals surface area contributed by atoms with Gasteiger partial charge in [-0.2, -0.15) is 5.10 Å². The summed E-state index contributed by atoms with van der Waals surface area (Å²) in [4.78, 5) is 14.8. The Morgan fingerprint density at radius 3 is 2.83 bits per heavy atom. The van der Waals surface area contributed by atoms with Crippen molar-refractivity contribution in [2.24, 2.45) is 0 Å². The lowest BCUT2D eigenvalue weighted by molar-refractivity contribution is -0.121. The van der Waals surface area contributed by atoms with Gasteiger partial charge >= 0.3 is 0 Å². The SMILES string of the molecule is Cc1cc(C)n(C[C@H]2CCCN2[C@@H](C)C(=O)Nc2cc(C)on2)n1. The summed E-state index contributed by atoms with van der Waals surface area (Å²) in [5, 5.41) is 11.2.